The molecule has 0 aromatic heterocycles. The van der Waals surface area contributed by atoms with Gasteiger partial charge in [0.2, 0.25) is 11.2 Å². The van der Waals surface area contributed by atoms with Gasteiger partial charge in [-0.1, -0.05) is 13.8 Å². The molecule has 2 aliphatic rings. The van der Waals surface area contributed by atoms with Gasteiger partial charge in [-0.25, -0.2) is 0 Å². The molecule has 1 unspecified atom stereocenters. The summed E-state index contributed by atoms with van der Waals surface area (Å²) in [6.45, 7) is 3.93. The molecule has 7 heteroatoms. The molecule has 146 valence electrons. The van der Waals surface area contributed by atoms with Crippen LogP contribution in [0.2, 0.25) is 0 Å². The second kappa shape index (κ2) is 6.76. The van der Waals surface area contributed by atoms with Crippen molar-refractivity contribution in [2.45, 2.75) is 32.8 Å². The van der Waals surface area contributed by atoms with E-state index < -0.39 is 11.5 Å². The molecule has 0 amide bonds. The predicted molar refractivity (Wildman–Crippen MR) is 98.6 cm³/mol. The zero-order chi connectivity index (χ0) is 20.7. The summed E-state index contributed by atoms with van der Waals surface area (Å²) in [6.07, 6.45) is -0.221. The lowest BCUT2D eigenvalue weighted by Crippen LogP contribution is -2.32. The zero-order valence-corrected chi connectivity index (χ0v) is 16.6. The number of carbonyl (C=O) groups excluding carboxylic acids is 1. The van der Waals surface area contributed by atoms with Crippen LogP contribution in [0.3, 0.4) is 0 Å². The van der Waals surface area contributed by atoms with Crippen LogP contribution in [0.4, 0.5) is 0 Å². The van der Waals surface area contributed by atoms with E-state index in [1.807, 2.05) is 13.8 Å². The molecule has 1 aromatic rings. The van der Waals surface area contributed by atoms with Gasteiger partial charge in [-0.2, -0.15) is 10.5 Å². The molecule has 0 N–H and O–H groups in total. The first-order valence-electron chi connectivity index (χ1n) is 8.82. The Kier molecular flexibility index (Phi) is 4.72. The summed E-state index contributed by atoms with van der Waals surface area (Å²) in [4.78, 5) is 12.8. The number of nitriles is 2. The minimum Gasteiger partial charge on any atom is -0.493 e. The summed E-state index contributed by atoms with van der Waals surface area (Å²) in [7, 11) is 4.45. The van der Waals surface area contributed by atoms with Gasteiger partial charge in [0.25, 0.3) is 0 Å². The van der Waals surface area contributed by atoms with Crippen LogP contribution in [0.5, 0.6) is 17.2 Å². The third-order valence-corrected chi connectivity index (χ3v) is 5.23. The van der Waals surface area contributed by atoms with Gasteiger partial charge in [-0.3, -0.25) is 4.79 Å². The molecule has 1 aliphatic heterocycles. The summed E-state index contributed by atoms with van der Waals surface area (Å²) >= 11 is 0. The van der Waals surface area contributed by atoms with Crippen molar-refractivity contribution in [2.75, 3.05) is 21.3 Å². The molecule has 3 rings (SSSR count). The smallest absolute Gasteiger partial charge is 0.215 e. The molecular weight excluding hydrogens is 360 g/mol. The average Bonchev–Trinajstić information content (AvgIpc) is 3.00. The van der Waals surface area contributed by atoms with Crippen molar-refractivity contribution < 1.29 is 23.7 Å². The molecule has 0 fully saturated rings. The van der Waals surface area contributed by atoms with Crippen molar-refractivity contribution in [1.82, 2.24) is 0 Å². The molecule has 1 heterocycles. The van der Waals surface area contributed by atoms with Gasteiger partial charge in [0.1, 0.15) is 5.76 Å². The van der Waals surface area contributed by atoms with Gasteiger partial charge in [0.05, 0.1) is 39.0 Å². The number of allylic oxidation sites excluding steroid dienone is 1. The Morgan fingerprint density at radius 1 is 1.04 bits per heavy atom. The molecule has 0 spiro atoms. The molecular formula is C21H22N2O5. The van der Waals surface area contributed by atoms with Crippen LogP contribution in [0.25, 0.3) is 0 Å². The van der Waals surface area contributed by atoms with Gasteiger partial charge in [-0.15, -0.1) is 0 Å². The highest BCUT2D eigenvalue weighted by molar-refractivity contribution is 6.00. The fraction of sp³-hybridized carbons (Fsp3) is 0.476. The first kappa shape index (κ1) is 19.6. The minimum atomic E-state index is -1.73. The van der Waals surface area contributed by atoms with E-state index in [1.54, 1.807) is 12.1 Å². The van der Waals surface area contributed by atoms with Gasteiger partial charge < -0.3 is 18.9 Å². The number of benzene rings is 1. The van der Waals surface area contributed by atoms with Crippen molar-refractivity contribution in [2.24, 2.45) is 10.8 Å². The average molecular weight is 382 g/mol. The van der Waals surface area contributed by atoms with Crippen molar-refractivity contribution in [3.05, 3.63) is 29.0 Å². The zero-order valence-electron chi connectivity index (χ0n) is 16.6. The van der Waals surface area contributed by atoms with E-state index in [1.165, 1.54) is 21.3 Å². The molecule has 1 aromatic carbocycles. The number of methoxy groups -OCH3 is 3. The topological polar surface area (TPSA) is 102 Å². The fourth-order valence-corrected chi connectivity index (χ4v) is 3.99. The maximum atomic E-state index is 12.8. The molecule has 28 heavy (non-hydrogen) atoms. The Balaban J connectivity index is 2.18. The number of nitrogens with zero attached hydrogens (tertiary/aromatic N) is 2. The summed E-state index contributed by atoms with van der Waals surface area (Å²) < 4.78 is 22.2. The Bertz CT molecular complexity index is 910. The van der Waals surface area contributed by atoms with E-state index in [0.717, 1.165) is 0 Å². The van der Waals surface area contributed by atoms with Crippen LogP contribution < -0.4 is 14.2 Å². The van der Waals surface area contributed by atoms with Crippen molar-refractivity contribution in [1.29, 1.82) is 10.5 Å². The van der Waals surface area contributed by atoms with E-state index in [0.29, 0.717) is 35.0 Å². The lowest BCUT2D eigenvalue weighted by atomic mass is 9.68. The van der Waals surface area contributed by atoms with Crippen LogP contribution in [-0.2, 0) is 9.53 Å². The number of ketones is 1. The number of ether oxygens (including phenoxy) is 4. The van der Waals surface area contributed by atoms with Crippen LogP contribution in [0, 0.1) is 33.5 Å². The number of carbonyl (C=O) groups is 1. The fourth-order valence-electron chi connectivity index (χ4n) is 3.99. The monoisotopic (exact) mass is 382 g/mol. The Morgan fingerprint density at radius 3 is 2.07 bits per heavy atom. The highest BCUT2D eigenvalue weighted by Crippen LogP contribution is 2.57. The summed E-state index contributed by atoms with van der Waals surface area (Å²) in [5.74, 6) is 1.34. The van der Waals surface area contributed by atoms with Crippen molar-refractivity contribution in [3.63, 3.8) is 0 Å². The Hall–Kier alpha value is -3.19. The first-order valence-corrected chi connectivity index (χ1v) is 8.82. The molecule has 1 atom stereocenters. The maximum Gasteiger partial charge on any atom is 0.215 e. The lowest BCUT2D eigenvalue weighted by Gasteiger charge is -2.29. The third-order valence-electron chi connectivity index (χ3n) is 5.23. The normalized spacial score (nSPS) is 21.8. The van der Waals surface area contributed by atoms with E-state index in [9.17, 15) is 15.3 Å². The van der Waals surface area contributed by atoms with E-state index >= 15 is 0 Å². The minimum absolute atomic E-state index is 0.176. The SMILES string of the molecule is COc1cc(C2OC3=C(C(=O)CC(C)(C)C3)C2(C#N)C#N)cc(OC)c1OC. The number of hydrogen-bond donors (Lipinski definition) is 0. The molecule has 0 saturated carbocycles. The van der Waals surface area contributed by atoms with Crippen LogP contribution in [0.1, 0.15) is 38.4 Å². The van der Waals surface area contributed by atoms with E-state index in [-0.39, 0.29) is 23.2 Å². The lowest BCUT2D eigenvalue weighted by molar-refractivity contribution is -0.118. The summed E-state index contributed by atoms with van der Waals surface area (Å²) in [6, 6.07) is 7.40. The highest BCUT2D eigenvalue weighted by Gasteiger charge is 2.58. The van der Waals surface area contributed by atoms with Gasteiger partial charge >= 0.3 is 0 Å². The molecule has 7 nitrogen and oxygen atoms in total. The van der Waals surface area contributed by atoms with Gasteiger partial charge in [0, 0.05) is 18.4 Å². The number of hydrogen-bond acceptors (Lipinski definition) is 7. The Labute approximate surface area is 164 Å². The quantitative estimate of drug-likeness (QED) is 0.786. The van der Waals surface area contributed by atoms with Crippen LogP contribution in [0.15, 0.2) is 23.5 Å². The van der Waals surface area contributed by atoms with Gasteiger partial charge in [0.15, 0.2) is 23.4 Å². The van der Waals surface area contributed by atoms with E-state index in [2.05, 4.69) is 12.1 Å². The molecule has 1 aliphatic carbocycles. The van der Waals surface area contributed by atoms with Crippen LogP contribution in [-0.4, -0.2) is 27.1 Å². The second-order valence-electron chi connectivity index (χ2n) is 7.73. The number of Topliss-reactive ketones (excluding diaryl/α,β-unsaturated/α-hetero) is 1. The van der Waals surface area contributed by atoms with Crippen molar-refractivity contribution in [3.8, 4) is 29.4 Å². The highest BCUT2D eigenvalue weighted by atomic mass is 16.5. The Morgan fingerprint density at radius 2 is 1.61 bits per heavy atom. The molecule has 0 radical (unpaired) electrons. The summed E-state index contributed by atoms with van der Waals surface area (Å²) in [5.41, 5.74) is -1.35. The largest absolute Gasteiger partial charge is 0.493 e. The van der Waals surface area contributed by atoms with Gasteiger partial charge in [-0.05, 0) is 17.5 Å². The standard InChI is InChI=1S/C21H22N2O5/c1-20(2)8-13(24)17-16(9-20)28-19(21(17,10-22)11-23)12-6-14(25-3)18(27-5)15(7-12)26-4/h6-7,19H,8-9H2,1-5H3. The second-order valence-corrected chi connectivity index (χ2v) is 7.73. The molecule has 0 saturated heterocycles. The van der Waals surface area contributed by atoms with Crippen LogP contribution >= 0.6 is 0 Å². The number of rotatable bonds is 4. The maximum absolute atomic E-state index is 12.8. The van der Waals surface area contributed by atoms with Crippen molar-refractivity contribution >= 4 is 5.78 Å². The summed E-state index contributed by atoms with van der Waals surface area (Å²) in [5, 5.41) is 19.9. The third kappa shape index (κ3) is 2.75. The predicted octanol–water partition coefficient (Wildman–Crippen LogP) is 3.46. The first-order chi connectivity index (χ1) is 13.3. The molecule has 0 bridgehead atoms. The van der Waals surface area contributed by atoms with E-state index in [4.69, 9.17) is 18.9 Å².